The van der Waals surface area contributed by atoms with E-state index in [4.69, 9.17) is 62.1 Å². The number of benzene rings is 8. The van der Waals surface area contributed by atoms with Gasteiger partial charge < -0.3 is 83.2 Å². The van der Waals surface area contributed by atoms with Crippen molar-refractivity contribution in [3.63, 3.8) is 0 Å². The summed E-state index contributed by atoms with van der Waals surface area (Å²) >= 11 is 0. The zero-order valence-corrected chi connectivity index (χ0v) is 76.2. The minimum absolute atomic E-state index is 0.376. The highest BCUT2D eigenvalue weighted by Crippen LogP contribution is 2.36. The molecule has 134 heavy (non-hydrogen) atoms. The smallest absolute Gasteiger partial charge is 0.227 e. The van der Waals surface area contributed by atoms with Crippen LogP contribution < -0.4 is 59.3 Å². The van der Waals surface area contributed by atoms with Crippen LogP contribution in [-0.2, 0) is 45.4 Å². The van der Waals surface area contributed by atoms with Gasteiger partial charge in [-0.2, -0.15) is 0 Å². The highest BCUT2D eigenvalue weighted by Gasteiger charge is 2.21. The molecule has 3 saturated heterocycles. The van der Waals surface area contributed by atoms with Gasteiger partial charge in [-0.05, 0) is 249 Å². The fourth-order valence-electron chi connectivity index (χ4n) is 16.3. The number of anilines is 9. The Labute approximate surface area is 784 Å². The predicted molar refractivity (Wildman–Crippen MR) is 524 cm³/mol. The molecule has 24 bridgehead atoms. The quantitative estimate of drug-likeness (QED) is 0.0693. The number of likely N-dealkylation sites (tertiary alicyclic amines) is 2. The molecule has 694 valence electrons. The van der Waals surface area contributed by atoms with Crippen LogP contribution in [0.2, 0.25) is 0 Å². The summed E-state index contributed by atoms with van der Waals surface area (Å²) in [5.74, 6) is 7.09. The van der Waals surface area contributed by atoms with Crippen LogP contribution in [0.1, 0.15) is 99.3 Å². The van der Waals surface area contributed by atoms with Gasteiger partial charge in [0.05, 0.1) is 116 Å². The van der Waals surface area contributed by atoms with Crippen LogP contribution in [0.4, 0.5) is 56.6 Å². The number of methoxy groups -OCH3 is 1. The van der Waals surface area contributed by atoms with Crippen molar-refractivity contribution in [2.45, 2.75) is 103 Å². The number of nitrogens with zero attached hydrogens (tertiary/aromatic N) is 11. The van der Waals surface area contributed by atoms with Crippen LogP contribution in [0.15, 0.2) is 261 Å². The number of fused-ring (bicyclic) bond motifs is 28. The van der Waals surface area contributed by atoms with Crippen LogP contribution >= 0.6 is 0 Å². The molecule has 7 aliphatic heterocycles. The fourth-order valence-corrected chi connectivity index (χ4v) is 16.3. The number of piperidine rings is 1. The lowest BCUT2D eigenvalue weighted by Gasteiger charge is -2.31. The van der Waals surface area contributed by atoms with E-state index in [0.29, 0.717) is 140 Å². The number of hydrogen-bond donors (Lipinski definition) is 4. The van der Waals surface area contributed by atoms with Gasteiger partial charge in [-0.3, -0.25) is 4.90 Å². The first-order chi connectivity index (χ1) is 66.2. The zero-order valence-electron chi connectivity index (χ0n) is 76.2. The molecule has 0 aliphatic carbocycles. The third kappa shape index (κ3) is 28.9. The highest BCUT2D eigenvalue weighted by atomic mass is 19.1. The standard InChI is InChI=1S/C29H34N4O3.C28H31FN4O3.C28H32N4O3.C22H21N3O2/c1-4-17-34-22-24-20-25(10-11-28(24)36-19-7-16-33-14-2-3-15-33)31-29-30-13-12-27(32-29)23-8-6-9-26(21-23)35-18-5-1;29-23-16-21-18-25(19-23)35-14-5-1-4-13-34-20-22-17-24(31-28-30-9-8-26(21)32-28)6-7-27(22)36-15-12-33-10-2-3-11-33;1-33-27-10-7-21-17-23(27)20-35-16-6-5-15-34-19-22-18-24(30-28-29-12-11-25(21)31-28)8-9-26(22)32-13-3-2-4-14-32;1-2-4-14-27-20-10-6-8-18(16-20)24-22-23-12-11-21(25-22)17-7-5-9-19(15-17)26-13-3-1/h1,4,6,8-13,20-21H,2-3,5,7,14-19,22H2,(H,30,31,32);1,4,6-9,16-19H,2-3,5,10-15,20H2,(H,30,31,32);5-12,17-18H,2-4,13-16,19-20H2,1H3,(H,29,30,31);1-2,5-12,15-16H,3-4,13-14H2,(H,23,24,25)/b2*4-1+;6-5+;2-1-. The molecule has 3 fully saturated rings. The van der Waals surface area contributed by atoms with E-state index in [-0.39, 0.29) is 5.82 Å². The van der Waals surface area contributed by atoms with Crippen LogP contribution in [0.5, 0.6) is 40.2 Å². The van der Waals surface area contributed by atoms with Crippen molar-refractivity contribution in [3.05, 3.63) is 290 Å². The Kier molecular flexibility index (Phi) is 35.1. The molecule has 0 radical (unpaired) electrons. The monoisotopic (exact) mass is 1810 g/mol. The van der Waals surface area contributed by atoms with Gasteiger partial charge in [0.1, 0.15) is 52.7 Å². The summed E-state index contributed by atoms with van der Waals surface area (Å²) in [6.07, 6.45) is 36.5. The van der Waals surface area contributed by atoms with Crippen LogP contribution in [0.3, 0.4) is 0 Å². The lowest BCUT2D eigenvalue weighted by atomic mass is 10.1. The molecule has 0 saturated carbocycles. The fraction of sp³-hybridized carbons (Fsp3) is 0.327. The normalized spacial score (nSPS) is 17.0. The molecule has 0 unspecified atom stereocenters. The molecule has 0 atom stereocenters. The van der Waals surface area contributed by atoms with E-state index in [1.54, 1.807) is 44.0 Å². The highest BCUT2D eigenvalue weighted by molar-refractivity contribution is 5.70. The lowest BCUT2D eigenvalue weighted by molar-refractivity contribution is 0.139. The minimum atomic E-state index is -0.376. The molecular weight excluding hydrogens is 1690 g/mol. The Morgan fingerprint density at radius 1 is 0.336 bits per heavy atom. The third-order valence-corrected chi connectivity index (χ3v) is 23.1. The number of aromatic nitrogens is 8. The van der Waals surface area contributed by atoms with Gasteiger partial charge in [0.2, 0.25) is 23.8 Å². The maximum Gasteiger partial charge on any atom is 0.227 e. The van der Waals surface area contributed by atoms with Crippen molar-refractivity contribution in [1.29, 1.82) is 0 Å². The molecule has 12 aromatic rings. The molecule has 11 heterocycles. The minimum Gasteiger partial charge on any atom is -0.496 e. The van der Waals surface area contributed by atoms with Gasteiger partial charge in [0.15, 0.2) is 0 Å². The molecule has 0 spiro atoms. The first-order valence-corrected chi connectivity index (χ1v) is 46.7. The Morgan fingerprint density at radius 3 is 1.25 bits per heavy atom. The predicted octanol–water partition coefficient (Wildman–Crippen LogP) is 21.4. The van der Waals surface area contributed by atoms with E-state index in [1.165, 1.54) is 81.4 Å². The summed E-state index contributed by atoms with van der Waals surface area (Å²) in [5.41, 5.74) is 15.6. The molecule has 8 aromatic carbocycles. The summed E-state index contributed by atoms with van der Waals surface area (Å²) in [7, 11) is 1.67. The van der Waals surface area contributed by atoms with Crippen molar-refractivity contribution >= 4 is 52.2 Å². The van der Waals surface area contributed by atoms with Crippen molar-refractivity contribution < 1.29 is 56.5 Å². The van der Waals surface area contributed by atoms with Crippen LogP contribution in [0.25, 0.3) is 45.0 Å². The number of ether oxygens (including phenoxy) is 11. The zero-order chi connectivity index (χ0) is 91.2. The van der Waals surface area contributed by atoms with Gasteiger partial charge in [-0.25, -0.2) is 44.3 Å². The summed E-state index contributed by atoms with van der Waals surface area (Å²) in [6.45, 7) is 16.5. The Hall–Kier alpha value is -13.7. The summed E-state index contributed by atoms with van der Waals surface area (Å²) in [4.78, 5) is 43.7. The van der Waals surface area contributed by atoms with E-state index in [0.717, 1.165) is 173 Å². The third-order valence-electron chi connectivity index (χ3n) is 23.1. The molecule has 27 heteroatoms. The lowest BCUT2D eigenvalue weighted by Crippen LogP contribution is -2.30. The summed E-state index contributed by atoms with van der Waals surface area (Å²) < 4.78 is 79.2. The first-order valence-electron chi connectivity index (χ1n) is 46.7. The molecule has 19 rings (SSSR count). The van der Waals surface area contributed by atoms with Crippen molar-refractivity contribution in [3.8, 4) is 85.3 Å². The van der Waals surface area contributed by atoms with E-state index in [1.807, 2.05) is 164 Å². The summed E-state index contributed by atoms with van der Waals surface area (Å²) in [5, 5.41) is 13.2. The number of rotatable bonds is 11. The molecule has 0 amide bonds. The average molecular weight is 1810 g/mol. The second kappa shape index (κ2) is 50.3. The first kappa shape index (κ1) is 93.6. The van der Waals surface area contributed by atoms with Gasteiger partial charge in [-0.15, -0.1) is 0 Å². The van der Waals surface area contributed by atoms with Crippen molar-refractivity contribution in [2.24, 2.45) is 0 Å². The van der Waals surface area contributed by atoms with Crippen LogP contribution in [0, 0.1) is 5.82 Å². The maximum absolute atomic E-state index is 14.3. The largest absolute Gasteiger partial charge is 0.496 e. The second-order valence-corrected chi connectivity index (χ2v) is 33.0. The Bertz CT molecular complexity index is 5890. The topological polar surface area (TPSA) is 262 Å². The summed E-state index contributed by atoms with van der Waals surface area (Å²) in [6, 6.07) is 60.3. The Balaban J connectivity index is 0.000000131. The van der Waals surface area contributed by atoms with E-state index in [9.17, 15) is 4.39 Å². The molecule has 7 aliphatic rings. The van der Waals surface area contributed by atoms with Crippen LogP contribution in [-0.4, -0.2) is 175 Å². The molecule has 26 nitrogen and oxygen atoms in total. The van der Waals surface area contributed by atoms with E-state index in [2.05, 4.69) is 114 Å². The number of hydrogen-bond acceptors (Lipinski definition) is 26. The Morgan fingerprint density at radius 2 is 0.731 bits per heavy atom. The van der Waals surface area contributed by atoms with Gasteiger partial charge in [0, 0.05) is 136 Å². The van der Waals surface area contributed by atoms with E-state index < -0.39 is 0 Å². The second-order valence-electron chi connectivity index (χ2n) is 33.0. The van der Waals surface area contributed by atoms with Crippen molar-refractivity contribution in [2.75, 3.05) is 152 Å². The van der Waals surface area contributed by atoms with E-state index >= 15 is 0 Å². The molecule has 4 N–H and O–H groups in total. The maximum atomic E-state index is 14.3. The SMILES string of the molecule is C1=C/COCc2cc(ccc2OCCCN2CCCC2)Nc2nccc(n2)-c2cccc(c2)OCC/1.C1=C\CCOc2cccc(c2)-c2ccnc(n2)Nc2cccc(c2)OCC/1.COc1ccc2cc1COC/C=C/COCc1cc(ccc1N1CCCCC1)Nc1nccc-2n1.Fc1cc2cc(c1)-c1ccnc(n1)Nc1ccc(OCCN3CCCC3)c(c1)COC/C=C/CCO2. The van der Waals surface area contributed by atoms with Crippen molar-refractivity contribution in [1.82, 2.24) is 49.7 Å². The molecule has 4 aromatic heterocycles. The number of nitrogens with one attached hydrogen (secondary N) is 4. The number of halogens is 1. The molecular formula is C107H118FN15O11. The van der Waals surface area contributed by atoms with Gasteiger partial charge in [-0.1, -0.05) is 78.9 Å². The van der Waals surface area contributed by atoms with Gasteiger partial charge >= 0.3 is 0 Å². The van der Waals surface area contributed by atoms with Gasteiger partial charge in [0.25, 0.3) is 0 Å². The average Bonchev–Trinajstić information content (AvgIpc) is 0.943.